The molecule has 1 saturated carbocycles. The standard InChI is InChI=1S/C11H20O2.Cu/c1-11(2,3)9-6-4-8(5-7-9)10(12)13;/h8-9H,4-7H2,1-3H3,(H,12,13);/q;+2. The summed E-state index contributed by atoms with van der Waals surface area (Å²) < 4.78 is 0. The van der Waals surface area contributed by atoms with Gasteiger partial charge in [-0.15, -0.1) is 0 Å². The van der Waals surface area contributed by atoms with Gasteiger partial charge in [0, 0.05) is 0 Å². The molecule has 14 heavy (non-hydrogen) atoms. The number of rotatable bonds is 1. The quantitative estimate of drug-likeness (QED) is 0.724. The Morgan fingerprint density at radius 3 is 1.86 bits per heavy atom. The zero-order chi connectivity index (χ0) is 10.1. The van der Waals surface area contributed by atoms with Crippen molar-refractivity contribution < 1.29 is 27.0 Å². The Kier molecular flexibility index (Phi) is 5.17. The Hall–Kier alpha value is -0.0105. The van der Waals surface area contributed by atoms with Gasteiger partial charge in [0.1, 0.15) is 0 Å². The molecular weight excluding hydrogens is 228 g/mol. The van der Waals surface area contributed by atoms with Crippen LogP contribution in [0, 0.1) is 17.3 Å². The van der Waals surface area contributed by atoms with E-state index in [2.05, 4.69) is 20.8 Å². The van der Waals surface area contributed by atoms with Crippen LogP contribution in [0.1, 0.15) is 46.5 Å². The van der Waals surface area contributed by atoms with E-state index < -0.39 is 5.97 Å². The molecule has 0 aromatic carbocycles. The van der Waals surface area contributed by atoms with Gasteiger partial charge in [-0.3, -0.25) is 4.79 Å². The molecule has 1 fully saturated rings. The Morgan fingerprint density at radius 1 is 1.14 bits per heavy atom. The summed E-state index contributed by atoms with van der Waals surface area (Å²) in [6, 6.07) is 0. The number of carboxylic acids is 1. The molecule has 0 heterocycles. The zero-order valence-corrected chi connectivity index (χ0v) is 10.1. The van der Waals surface area contributed by atoms with Gasteiger partial charge >= 0.3 is 23.0 Å². The SMILES string of the molecule is CC(C)(C)C1CCC(C(=O)O)CC1.[Cu+2]. The van der Waals surface area contributed by atoms with Crippen LogP contribution in [-0.4, -0.2) is 11.1 Å². The van der Waals surface area contributed by atoms with Crippen LogP contribution in [0.15, 0.2) is 0 Å². The predicted octanol–water partition coefficient (Wildman–Crippen LogP) is 2.92. The number of carbonyl (C=O) groups is 1. The van der Waals surface area contributed by atoms with E-state index in [1.807, 2.05) is 0 Å². The maximum atomic E-state index is 10.7. The molecule has 85 valence electrons. The van der Waals surface area contributed by atoms with Crippen molar-refractivity contribution in [2.45, 2.75) is 46.5 Å². The van der Waals surface area contributed by atoms with E-state index in [0.717, 1.165) is 25.7 Å². The molecule has 1 N–H and O–H groups in total. The van der Waals surface area contributed by atoms with E-state index >= 15 is 0 Å². The van der Waals surface area contributed by atoms with Gasteiger partial charge in [0.15, 0.2) is 0 Å². The fourth-order valence-electron chi connectivity index (χ4n) is 2.21. The average molecular weight is 248 g/mol. The molecule has 0 saturated heterocycles. The second-order valence-corrected chi connectivity index (χ2v) is 5.25. The van der Waals surface area contributed by atoms with E-state index in [-0.39, 0.29) is 23.0 Å². The normalized spacial score (nSPS) is 27.9. The third-order valence-corrected chi connectivity index (χ3v) is 3.30. The second-order valence-electron chi connectivity index (χ2n) is 5.25. The Labute approximate surface area is 96.9 Å². The molecule has 1 rings (SSSR count). The van der Waals surface area contributed by atoms with Crippen LogP contribution < -0.4 is 0 Å². The molecule has 1 radical (unpaired) electrons. The maximum absolute atomic E-state index is 10.7. The molecule has 0 atom stereocenters. The van der Waals surface area contributed by atoms with Crippen LogP contribution in [0.5, 0.6) is 0 Å². The summed E-state index contributed by atoms with van der Waals surface area (Å²) in [4.78, 5) is 10.7. The van der Waals surface area contributed by atoms with Crippen molar-refractivity contribution in [3.8, 4) is 0 Å². The van der Waals surface area contributed by atoms with Crippen LogP contribution in [0.4, 0.5) is 0 Å². The molecule has 1 aliphatic rings. The number of aliphatic carboxylic acids is 1. The molecule has 1 aliphatic carbocycles. The van der Waals surface area contributed by atoms with Crippen LogP contribution in [0.3, 0.4) is 0 Å². The summed E-state index contributed by atoms with van der Waals surface area (Å²) in [5.74, 6) is 0.0362. The topological polar surface area (TPSA) is 37.3 Å². The van der Waals surface area contributed by atoms with E-state index in [1.54, 1.807) is 0 Å². The number of hydrogen-bond donors (Lipinski definition) is 1. The number of hydrogen-bond acceptors (Lipinski definition) is 1. The molecule has 0 unspecified atom stereocenters. The first kappa shape index (κ1) is 14.0. The van der Waals surface area contributed by atoms with Crippen LogP contribution in [0.2, 0.25) is 0 Å². The minimum atomic E-state index is -0.604. The van der Waals surface area contributed by atoms with Crippen molar-refractivity contribution in [1.29, 1.82) is 0 Å². The third kappa shape index (κ3) is 3.62. The predicted molar refractivity (Wildman–Crippen MR) is 52.5 cm³/mol. The van der Waals surface area contributed by atoms with E-state index in [1.165, 1.54) is 0 Å². The fourth-order valence-corrected chi connectivity index (χ4v) is 2.21. The first-order valence-corrected chi connectivity index (χ1v) is 5.14. The summed E-state index contributed by atoms with van der Waals surface area (Å²) in [6.07, 6.45) is 3.91. The van der Waals surface area contributed by atoms with Crippen molar-refractivity contribution in [1.82, 2.24) is 0 Å². The molecule has 0 aliphatic heterocycles. The van der Waals surface area contributed by atoms with Crippen molar-refractivity contribution in [2.24, 2.45) is 17.3 Å². The Bertz CT molecular complexity index is 188. The molecule has 0 amide bonds. The van der Waals surface area contributed by atoms with Gasteiger partial charge in [0.25, 0.3) is 0 Å². The second kappa shape index (κ2) is 5.18. The van der Waals surface area contributed by atoms with Gasteiger partial charge in [-0.25, -0.2) is 0 Å². The largest absolute Gasteiger partial charge is 2.00 e. The smallest absolute Gasteiger partial charge is 0.481 e. The summed E-state index contributed by atoms with van der Waals surface area (Å²) in [7, 11) is 0. The molecule has 0 aromatic heterocycles. The molecule has 2 nitrogen and oxygen atoms in total. The molecule has 3 heteroatoms. The molecule has 0 spiro atoms. The van der Waals surface area contributed by atoms with E-state index in [9.17, 15) is 4.79 Å². The first-order chi connectivity index (χ1) is 5.91. The van der Waals surface area contributed by atoms with Crippen molar-refractivity contribution in [3.63, 3.8) is 0 Å². The van der Waals surface area contributed by atoms with Gasteiger partial charge in [-0.2, -0.15) is 0 Å². The van der Waals surface area contributed by atoms with Gasteiger partial charge in [-0.1, -0.05) is 20.8 Å². The monoisotopic (exact) mass is 247 g/mol. The molecule has 0 aromatic rings. The summed E-state index contributed by atoms with van der Waals surface area (Å²) in [5.41, 5.74) is 0.351. The third-order valence-electron chi connectivity index (χ3n) is 3.30. The minimum Gasteiger partial charge on any atom is -0.481 e. The summed E-state index contributed by atoms with van der Waals surface area (Å²) >= 11 is 0. The Balaban J connectivity index is 0.00000169. The van der Waals surface area contributed by atoms with E-state index in [0.29, 0.717) is 11.3 Å². The van der Waals surface area contributed by atoms with Gasteiger partial charge in [0.2, 0.25) is 0 Å². The minimum absolute atomic E-state index is 0. The van der Waals surface area contributed by atoms with Gasteiger partial charge in [-0.05, 0) is 37.0 Å². The van der Waals surface area contributed by atoms with Gasteiger partial charge < -0.3 is 5.11 Å². The maximum Gasteiger partial charge on any atom is 2.00 e. The van der Waals surface area contributed by atoms with Crippen LogP contribution >= 0.6 is 0 Å². The van der Waals surface area contributed by atoms with Crippen LogP contribution in [0.25, 0.3) is 0 Å². The summed E-state index contributed by atoms with van der Waals surface area (Å²) in [6.45, 7) is 6.75. The average Bonchev–Trinajstić information content (AvgIpc) is 2.03. The van der Waals surface area contributed by atoms with Crippen LogP contribution in [-0.2, 0) is 21.9 Å². The van der Waals surface area contributed by atoms with Crippen molar-refractivity contribution >= 4 is 5.97 Å². The molecular formula is C11H20CuO2+2. The number of carboxylic acid groups (broad SMARTS) is 1. The van der Waals surface area contributed by atoms with Crippen molar-refractivity contribution in [3.05, 3.63) is 0 Å². The van der Waals surface area contributed by atoms with Gasteiger partial charge in [0.05, 0.1) is 5.92 Å². The zero-order valence-electron chi connectivity index (χ0n) is 9.14. The first-order valence-electron chi connectivity index (χ1n) is 5.14. The van der Waals surface area contributed by atoms with Crippen molar-refractivity contribution in [2.75, 3.05) is 0 Å². The molecule has 0 bridgehead atoms. The fraction of sp³-hybridized carbons (Fsp3) is 0.909. The van der Waals surface area contributed by atoms with E-state index in [4.69, 9.17) is 5.11 Å². The summed E-state index contributed by atoms with van der Waals surface area (Å²) in [5, 5.41) is 8.83. The Morgan fingerprint density at radius 2 is 1.57 bits per heavy atom.